The second-order valence-electron chi connectivity index (χ2n) is 6.99. The molecule has 4 rings (SSSR count). The van der Waals surface area contributed by atoms with Crippen molar-refractivity contribution in [3.8, 4) is 0 Å². The molecule has 1 heterocycles. The highest BCUT2D eigenvalue weighted by Crippen LogP contribution is 2.39. The number of aryl methyl sites for hydroxylation is 1. The Bertz CT molecular complexity index is 941. The largest absolute Gasteiger partial charge is 0.326 e. The highest BCUT2D eigenvalue weighted by molar-refractivity contribution is 8.15. The van der Waals surface area contributed by atoms with E-state index in [2.05, 4.69) is 5.32 Å². The van der Waals surface area contributed by atoms with E-state index in [1.54, 1.807) is 29.2 Å². The van der Waals surface area contributed by atoms with Gasteiger partial charge < -0.3 is 5.32 Å². The molecule has 1 N–H and O–H groups in total. The standard InChI is InChI=1S/C21H20ClN3O2S/c1-13-4-2-3-5-17(13)24-21-25(16-10-11-16)20(27)18(28-21)12-19(26)23-15-8-6-14(22)7-9-15/h2-9,16,18H,10-12H2,1H3,(H,23,26)/t18-/m0/s1. The molecule has 2 aromatic rings. The van der Waals surface area contributed by atoms with Crippen LogP contribution < -0.4 is 5.32 Å². The average Bonchev–Trinajstić information content (AvgIpc) is 3.45. The lowest BCUT2D eigenvalue weighted by Gasteiger charge is -2.15. The summed E-state index contributed by atoms with van der Waals surface area (Å²) in [6.45, 7) is 2.00. The molecule has 1 saturated carbocycles. The minimum Gasteiger partial charge on any atom is -0.326 e. The van der Waals surface area contributed by atoms with Gasteiger partial charge in [0.2, 0.25) is 11.8 Å². The summed E-state index contributed by atoms with van der Waals surface area (Å²) in [4.78, 5) is 31.9. The smallest absolute Gasteiger partial charge is 0.242 e. The summed E-state index contributed by atoms with van der Waals surface area (Å²) >= 11 is 7.26. The van der Waals surface area contributed by atoms with Crippen molar-refractivity contribution in [2.24, 2.45) is 4.99 Å². The molecule has 0 aromatic heterocycles. The Balaban J connectivity index is 1.49. The molecule has 0 radical (unpaired) electrons. The summed E-state index contributed by atoms with van der Waals surface area (Å²) in [5, 5.41) is 3.69. The Hall–Kier alpha value is -2.31. The first-order valence-electron chi connectivity index (χ1n) is 9.21. The fourth-order valence-electron chi connectivity index (χ4n) is 3.07. The SMILES string of the molecule is Cc1ccccc1N=C1S[C@@H](CC(=O)Nc2ccc(Cl)cc2)C(=O)N1C1CC1. The van der Waals surface area contributed by atoms with Crippen LogP contribution in [0.25, 0.3) is 0 Å². The molecule has 1 aliphatic carbocycles. The van der Waals surface area contributed by atoms with Crippen molar-refractivity contribution >= 4 is 51.7 Å². The van der Waals surface area contributed by atoms with Gasteiger partial charge in [0.15, 0.2) is 5.17 Å². The number of rotatable bonds is 5. The summed E-state index contributed by atoms with van der Waals surface area (Å²) in [5.41, 5.74) is 2.58. The number of hydrogen-bond acceptors (Lipinski definition) is 4. The zero-order chi connectivity index (χ0) is 19.7. The molecule has 1 saturated heterocycles. The van der Waals surface area contributed by atoms with Crippen molar-refractivity contribution in [2.45, 2.75) is 37.5 Å². The van der Waals surface area contributed by atoms with Crippen LogP contribution in [0.1, 0.15) is 24.8 Å². The summed E-state index contributed by atoms with van der Waals surface area (Å²) in [6, 6.07) is 15.0. The predicted octanol–water partition coefficient (Wildman–Crippen LogP) is 4.77. The number of nitrogens with one attached hydrogen (secondary N) is 1. The number of thioether (sulfide) groups is 1. The fraction of sp³-hybridized carbons (Fsp3) is 0.286. The van der Waals surface area contributed by atoms with Gasteiger partial charge >= 0.3 is 0 Å². The van der Waals surface area contributed by atoms with Crippen molar-refractivity contribution in [1.82, 2.24) is 4.90 Å². The van der Waals surface area contributed by atoms with Gasteiger partial charge in [-0.05, 0) is 55.7 Å². The monoisotopic (exact) mass is 413 g/mol. The lowest BCUT2D eigenvalue weighted by Crippen LogP contribution is -2.35. The first kappa shape index (κ1) is 19.0. The maximum absolute atomic E-state index is 12.9. The number of carbonyl (C=O) groups excluding carboxylic acids is 2. The van der Waals surface area contributed by atoms with Crippen LogP contribution in [0.3, 0.4) is 0 Å². The first-order valence-corrected chi connectivity index (χ1v) is 10.5. The minimum absolute atomic E-state index is 0.0221. The van der Waals surface area contributed by atoms with Gasteiger partial charge in [0.25, 0.3) is 0 Å². The number of amides is 2. The molecule has 0 spiro atoms. The quantitative estimate of drug-likeness (QED) is 0.767. The Morgan fingerprint density at radius 2 is 1.93 bits per heavy atom. The zero-order valence-electron chi connectivity index (χ0n) is 15.4. The van der Waals surface area contributed by atoms with E-state index in [-0.39, 0.29) is 24.3 Å². The summed E-state index contributed by atoms with van der Waals surface area (Å²) in [6.07, 6.45) is 2.09. The van der Waals surface area contributed by atoms with Crippen LogP contribution in [-0.4, -0.2) is 33.2 Å². The third-order valence-electron chi connectivity index (χ3n) is 4.71. The van der Waals surface area contributed by atoms with Gasteiger partial charge in [-0.25, -0.2) is 4.99 Å². The number of carbonyl (C=O) groups is 2. The lowest BCUT2D eigenvalue weighted by atomic mass is 10.2. The van der Waals surface area contributed by atoms with Crippen LogP contribution >= 0.6 is 23.4 Å². The van der Waals surface area contributed by atoms with Gasteiger partial charge in [0, 0.05) is 23.2 Å². The second kappa shape index (κ2) is 7.97. The van der Waals surface area contributed by atoms with Crippen molar-refractivity contribution in [2.75, 3.05) is 5.32 Å². The molecule has 1 atom stereocenters. The number of aliphatic imine (C=N–C) groups is 1. The van der Waals surface area contributed by atoms with Crippen molar-refractivity contribution in [3.05, 3.63) is 59.1 Å². The number of halogens is 1. The van der Waals surface area contributed by atoms with E-state index < -0.39 is 5.25 Å². The first-order chi connectivity index (χ1) is 13.5. The number of amidine groups is 1. The second-order valence-corrected chi connectivity index (χ2v) is 8.59. The van der Waals surface area contributed by atoms with Crippen molar-refractivity contribution in [3.63, 3.8) is 0 Å². The highest BCUT2D eigenvalue weighted by Gasteiger charge is 2.46. The molecule has 5 nitrogen and oxygen atoms in total. The van der Waals surface area contributed by atoms with Gasteiger partial charge in [-0.2, -0.15) is 0 Å². The van der Waals surface area contributed by atoms with Crippen molar-refractivity contribution < 1.29 is 9.59 Å². The predicted molar refractivity (Wildman–Crippen MR) is 114 cm³/mol. The van der Waals surface area contributed by atoms with Crippen LogP contribution in [0.4, 0.5) is 11.4 Å². The third-order valence-corrected chi connectivity index (χ3v) is 6.11. The van der Waals surface area contributed by atoms with Gasteiger partial charge in [-0.15, -0.1) is 0 Å². The van der Waals surface area contributed by atoms with Crippen LogP contribution in [0.15, 0.2) is 53.5 Å². The fourth-order valence-corrected chi connectivity index (χ4v) is 4.40. The van der Waals surface area contributed by atoms with E-state index in [9.17, 15) is 9.59 Å². The molecular formula is C21H20ClN3O2S. The van der Waals surface area contributed by atoms with Crippen LogP contribution in [-0.2, 0) is 9.59 Å². The van der Waals surface area contributed by atoms with Gasteiger partial charge in [-0.1, -0.05) is 41.6 Å². The molecular weight excluding hydrogens is 394 g/mol. The molecule has 2 aliphatic rings. The molecule has 0 bridgehead atoms. The molecule has 2 aromatic carbocycles. The number of hydrogen-bond donors (Lipinski definition) is 1. The molecule has 1 aliphatic heterocycles. The van der Waals surface area contributed by atoms with Crippen molar-refractivity contribution in [1.29, 1.82) is 0 Å². The van der Waals surface area contributed by atoms with Gasteiger partial charge in [0.1, 0.15) is 5.25 Å². The number of para-hydroxylation sites is 1. The normalized spacial score (nSPS) is 20.6. The molecule has 7 heteroatoms. The van der Waals surface area contributed by atoms with E-state index in [1.165, 1.54) is 11.8 Å². The zero-order valence-corrected chi connectivity index (χ0v) is 17.0. The van der Waals surface area contributed by atoms with E-state index in [0.717, 1.165) is 24.1 Å². The molecule has 28 heavy (non-hydrogen) atoms. The maximum Gasteiger partial charge on any atom is 0.242 e. The Morgan fingerprint density at radius 1 is 1.21 bits per heavy atom. The van der Waals surface area contributed by atoms with E-state index in [1.807, 2.05) is 31.2 Å². The lowest BCUT2D eigenvalue weighted by molar-refractivity contribution is -0.128. The molecule has 144 valence electrons. The highest BCUT2D eigenvalue weighted by atomic mass is 35.5. The topological polar surface area (TPSA) is 61.8 Å². The minimum atomic E-state index is -0.448. The summed E-state index contributed by atoms with van der Waals surface area (Å²) in [7, 11) is 0. The Kier molecular flexibility index (Phi) is 5.42. The maximum atomic E-state index is 12.9. The summed E-state index contributed by atoms with van der Waals surface area (Å²) in [5.74, 6) is -0.216. The van der Waals surface area contributed by atoms with Crippen LogP contribution in [0.2, 0.25) is 5.02 Å². The third kappa shape index (κ3) is 4.23. The Morgan fingerprint density at radius 3 is 2.61 bits per heavy atom. The van der Waals surface area contributed by atoms with E-state index >= 15 is 0 Å². The number of benzene rings is 2. The van der Waals surface area contributed by atoms with E-state index in [0.29, 0.717) is 15.9 Å². The molecule has 2 amide bonds. The van der Waals surface area contributed by atoms with Gasteiger partial charge in [-0.3, -0.25) is 14.5 Å². The molecule has 2 fully saturated rings. The Labute approximate surface area is 173 Å². The van der Waals surface area contributed by atoms with Crippen LogP contribution in [0.5, 0.6) is 0 Å². The number of nitrogens with zero attached hydrogens (tertiary/aromatic N) is 2. The average molecular weight is 414 g/mol. The van der Waals surface area contributed by atoms with Gasteiger partial charge in [0.05, 0.1) is 5.69 Å². The summed E-state index contributed by atoms with van der Waals surface area (Å²) < 4.78 is 0. The van der Waals surface area contributed by atoms with E-state index in [4.69, 9.17) is 16.6 Å². The molecule has 0 unspecified atom stereocenters. The number of anilines is 1. The van der Waals surface area contributed by atoms with Crippen LogP contribution in [0, 0.1) is 6.92 Å².